The van der Waals surface area contributed by atoms with Gasteiger partial charge >= 0.3 is 24.8 Å². The number of carboxylic acid groups (broad SMARTS) is 1. The summed E-state index contributed by atoms with van der Waals surface area (Å²) in [4.78, 5) is 14.1. The molecule has 0 radical (unpaired) electrons. The van der Waals surface area contributed by atoms with Gasteiger partial charge in [-0.3, -0.25) is 0 Å². The number of hydrogen-bond acceptors (Lipinski definition) is 5. The van der Waals surface area contributed by atoms with Crippen LogP contribution in [0.2, 0.25) is 0 Å². The van der Waals surface area contributed by atoms with Gasteiger partial charge in [0.1, 0.15) is 0 Å². The quantitative estimate of drug-likeness (QED) is 0.685. The van der Waals surface area contributed by atoms with Crippen LogP contribution in [0.15, 0.2) is 27.6 Å². The van der Waals surface area contributed by atoms with Crippen molar-refractivity contribution < 1.29 is 18.8 Å². The SMILES string of the molecule is O=C(O)c1ncoc1-c1ccno1.[LiH]. The molecule has 0 aromatic carbocycles. The van der Waals surface area contributed by atoms with E-state index in [1.165, 1.54) is 12.3 Å². The molecule has 2 aromatic rings. The van der Waals surface area contributed by atoms with Crippen molar-refractivity contribution in [2.75, 3.05) is 0 Å². The van der Waals surface area contributed by atoms with Gasteiger partial charge < -0.3 is 14.0 Å². The number of oxazole rings is 1. The second kappa shape index (κ2) is 4.13. The Bertz CT molecular complexity index is 423. The minimum absolute atomic E-state index is 0. The Balaban J connectivity index is 0.000000980. The third-order valence-electron chi connectivity index (χ3n) is 1.43. The van der Waals surface area contributed by atoms with E-state index in [1.54, 1.807) is 0 Å². The summed E-state index contributed by atoms with van der Waals surface area (Å²) in [7, 11) is 0. The van der Waals surface area contributed by atoms with Crippen molar-refractivity contribution in [2.45, 2.75) is 0 Å². The molecule has 2 aromatic heterocycles. The number of rotatable bonds is 2. The number of hydrogen-bond donors (Lipinski definition) is 1. The van der Waals surface area contributed by atoms with Gasteiger partial charge in [-0.15, -0.1) is 0 Å². The van der Waals surface area contributed by atoms with Crippen molar-refractivity contribution in [3.63, 3.8) is 0 Å². The van der Waals surface area contributed by atoms with E-state index in [-0.39, 0.29) is 36.1 Å². The molecule has 0 fully saturated rings. The normalized spacial score (nSPS) is 9.43. The van der Waals surface area contributed by atoms with Gasteiger partial charge in [-0.2, -0.15) is 0 Å². The fourth-order valence-electron chi connectivity index (χ4n) is 0.906. The predicted octanol–water partition coefficient (Wildman–Crippen LogP) is 0.379. The summed E-state index contributed by atoms with van der Waals surface area (Å²) in [5, 5.41) is 12.1. The fourth-order valence-corrected chi connectivity index (χ4v) is 0.906. The average molecular weight is 188 g/mol. The van der Waals surface area contributed by atoms with Crippen LogP contribution < -0.4 is 0 Å². The van der Waals surface area contributed by atoms with Crippen LogP contribution >= 0.6 is 0 Å². The maximum atomic E-state index is 10.6. The molecule has 0 saturated heterocycles. The second-order valence-electron chi connectivity index (χ2n) is 2.21. The first-order valence-corrected chi connectivity index (χ1v) is 3.37. The molecular formula is C7H5LiN2O4. The van der Waals surface area contributed by atoms with Crippen molar-refractivity contribution in [1.82, 2.24) is 10.1 Å². The van der Waals surface area contributed by atoms with Crippen LogP contribution in [0.3, 0.4) is 0 Å². The van der Waals surface area contributed by atoms with Crippen molar-refractivity contribution in [3.8, 4) is 11.5 Å². The number of nitrogens with zero attached hydrogens (tertiary/aromatic N) is 2. The van der Waals surface area contributed by atoms with E-state index in [2.05, 4.69) is 10.1 Å². The Morgan fingerprint density at radius 2 is 2.29 bits per heavy atom. The van der Waals surface area contributed by atoms with Crippen LogP contribution in [0.1, 0.15) is 10.5 Å². The van der Waals surface area contributed by atoms with E-state index >= 15 is 0 Å². The van der Waals surface area contributed by atoms with Gasteiger partial charge in [0.25, 0.3) is 0 Å². The van der Waals surface area contributed by atoms with Crippen LogP contribution in [0.25, 0.3) is 11.5 Å². The van der Waals surface area contributed by atoms with Gasteiger partial charge in [0.2, 0.25) is 11.5 Å². The number of carboxylic acids is 1. The van der Waals surface area contributed by atoms with E-state index in [1.807, 2.05) is 0 Å². The second-order valence-corrected chi connectivity index (χ2v) is 2.21. The van der Waals surface area contributed by atoms with E-state index in [9.17, 15) is 4.79 Å². The van der Waals surface area contributed by atoms with E-state index in [4.69, 9.17) is 14.0 Å². The molecule has 0 saturated carbocycles. The molecule has 0 aliphatic rings. The summed E-state index contributed by atoms with van der Waals surface area (Å²) in [6, 6.07) is 1.49. The van der Waals surface area contributed by atoms with Crippen LogP contribution in [-0.2, 0) is 0 Å². The molecule has 0 bridgehead atoms. The van der Waals surface area contributed by atoms with Crippen LogP contribution in [0, 0.1) is 0 Å². The third-order valence-corrected chi connectivity index (χ3v) is 1.43. The first-order chi connectivity index (χ1) is 6.29. The molecule has 0 spiro atoms. The molecule has 0 unspecified atom stereocenters. The van der Waals surface area contributed by atoms with Gasteiger partial charge in [-0.25, -0.2) is 9.78 Å². The topological polar surface area (TPSA) is 89.4 Å². The minimum atomic E-state index is -1.17. The van der Waals surface area contributed by atoms with Gasteiger partial charge in [0.05, 0.1) is 6.20 Å². The molecule has 6 nitrogen and oxygen atoms in total. The standard InChI is InChI=1S/C7H4N2O4.Li.H/c10-7(11)5-6(12-3-8-5)4-1-2-9-13-4;;/h1-3H,(H,10,11);;. The summed E-state index contributed by atoms with van der Waals surface area (Å²) >= 11 is 0. The number of aromatic nitrogens is 2. The summed E-state index contributed by atoms with van der Waals surface area (Å²) in [6.07, 6.45) is 2.44. The number of carbonyl (C=O) groups is 1. The number of aromatic carboxylic acids is 1. The zero-order valence-corrected chi connectivity index (χ0v) is 6.30. The third kappa shape index (κ3) is 1.71. The van der Waals surface area contributed by atoms with E-state index in [0.29, 0.717) is 0 Å². The summed E-state index contributed by atoms with van der Waals surface area (Å²) in [5.74, 6) is -0.847. The van der Waals surface area contributed by atoms with Crippen LogP contribution in [-0.4, -0.2) is 40.1 Å². The molecule has 7 heteroatoms. The zero-order valence-electron chi connectivity index (χ0n) is 6.30. The first-order valence-electron chi connectivity index (χ1n) is 3.37. The maximum absolute atomic E-state index is 10.6. The summed E-state index contributed by atoms with van der Waals surface area (Å²) in [6.45, 7) is 0. The molecule has 0 aliphatic carbocycles. The Kier molecular flexibility index (Phi) is 3.12. The van der Waals surface area contributed by atoms with Gasteiger partial charge in [0, 0.05) is 6.07 Å². The Morgan fingerprint density at radius 3 is 2.86 bits per heavy atom. The monoisotopic (exact) mass is 188 g/mol. The zero-order chi connectivity index (χ0) is 9.26. The van der Waals surface area contributed by atoms with Crippen molar-refractivity contribution in [2.24, 2.45) is 0 Å². The van der Waals surface area contributed by atoms with E-state index in [0.717, 1.165) is 6.39 Å². The van der Waals surface area contributed by atoms with Gasteiger partial charge in [0.15, 0.2) is 12.1 Å². The van der Waals surface area contributed by atoms with Gasteiger partial charge in [-0.1, -0.05) is 5.16 Å². The summed E-state index contributed by atoms with van der Waals surface area (Å²) < 4.78 is 9.57. The molecule has 0 amide bonds. The fraction of sp³-hybridized carbons (Fsp3) is 0. The molecule has 2 heterocycles. The molecule has 0 aliphatic heterocycles. The Hall–Kier alpha value is -1.51. The molecular weight excluding hydrogens is 183 g/mol. The van der Waals surface area contributed by atoms with Crippen molar-refractivity contribution >= 4 is 24.8 Å². The Morgan fingerprint density at radius 1 is 1.50 bits per heavy atom. The average Bonchev–Trinajstić information content (AvgIpc) is 2.74. The van der Waals surface area contributed by atoms with Crippen molar-refractivity contribution in [1.29, 1.82) is 0 Å². The van der Waals surface area contributed by atoms with Crippen LogP contribution in [0.4, 0.5) is 0 Å². The molecule has 0 atom stereocenters. The molecule has 1 N–H and O–H groups in total. The van der Waals surface area contributed by atoms with Gasteiger partial charge in [-0.05, 0) is 0 Å². The first kappa shape index (κ1) is 10.6. The van der Waals surface area contributed by atoms with Crippen LogP contribution in [0.5, 0.6) is 0 Å². The summed E-state index contributed by atoms with van der Waals surface area (Å²) in [5.41, 5.74) is -0.184. The van der Waals surface area contributed by atoms with E-state index < -0.39 is 5.97 Å². The predicted molar refractivity (Wildman–Crippen MR) is 46.1 cm³/mol. The Labute approximate surface area is 90.1 Å². The van der Waals surface area contributed by atoms with Crippen molar-refractivity contribution in [3.05, 3.63) is 24.4 Å². The molecule has 2 rings (SSSR count). The molecule has 68 valence electrons. The molecule has 14 heavy (non-hydrogen) atoms.